The lowest BCUT2D eigenvalue weighted by Gasteiger charge is -2.32. The van der Waals surface area contributed by atoms with Gasteiger partial charge in [0.1, 0.15) is 0 Å². The van der Waals surface area contributed by atoms with Gasteiger partial charge in [0.05, 0.1) is 32.3 Å². The van der Waals surface area contributed by atoms with E-state index in [0.29, 0.717) is 0 Å². The second-order valence-electron chi connectivity index (χ2n) is 6.18. The molecular formula is C18H24Cl6. The number of benzene rings is 1. The predicted molar refractivity (Wildman–Crippen MR) is 112 cm³/mol. The van der Waals surface area contributed by atoms with Crippen molar-refractivity contribution in [1.29, 1.82) is 0 Å². The molecule has 6 unspecified atom stereocenters. The van der Waals surface area contributed by atoms with Gasteiger partial charge in [-0.3, -0.25) is 0 Å². The van der Waals surface area contributed by atoms with Gasteiger partial charge in [-0.05, 0) is 74.9 Å². The van der Waals surface area contributed by atoms with E-state index in [1.165, 1.54) is 0 Å². The van der Waals surface area contributed by atoms with Gasteiger partial charge in [-0.2, -0.15) is 0 Å². The van der Waals surface area contributed by atoms with Crippen LogP contribution in [0.1, 0.15) is 107 Å². The quantitative estimate of drug-likeness (QED) is 0.377. The van der Waals surface area contributed by atoms with E-state index in [9.17, 15) is 0 Å². The standard InChI is InChI=1S/C18H24Cl6/c1-7(19)13-14(8(2)20)16(10(4)22)18(12(6)24)17(11(5)23)15(13)9(3)21/h7-12H,1-6H3. The Hall–Kier alpha value is 0.960. The summed E-state index contributed by atoms with van der Waals surface area (Å²) < 4.78 is 0. The van der Waals surface area contributed by atoms with Gasteiger partial charge in [-0.15, -0.1) is 69.6 Å². The molecule has 0 radical (unpaired) electrons. The van der Waals surface area contributed by atoms with Crippen LogP contribution in [0.15, 0.2) is 0 Å². The molecule has 24 heavy (non-hydrogen) atoms. The fourth-order valence-electron chi connectivity index (χ4n) is 3.44. The number of hydrogen-bond donors (Lipinski definition) is 0. The molecule has 0 saturated heterocycles. The molecule has 0 amide bonds. The first kappa shape index (κ1) is 23.0. The highest BCUT2D eigenvalue weighted by atomic mass is 35.5. The number of hydrogen-bond acceptors (Lipinski definition) is 0. The largest absolute Gasteiger partial charge is 0.118 e. The van der Waals surface area contributed by atoms with Gasteiger partial charge in [0.15, 0.2) is 0 Å². The molecule has 6 atom stereocenters. The Balaban J connectivity index is 4.24. The van der Waals surface area contributed by atoms with Crippen molar-refractivity contribution in [2.24, 2.45) is 0 Å². The Kier molecular flexibility index (Phi) is 8.86. The minimum atomic E-state index is -0.277. The maximum Gasteiger partial charge on any atom is 0.0563 e. The molecule has 0 N–H and O–H groups in total. The van der Waals surface area contributed by atoms with E-state index in [1.54, 1.807) is 0 Å². The summed E-state index contributed by atoms with van der Waals surface area (Å²) in [5.74, 6) is 0. The van der Waals surface area contributed by atoms with Crippen molar-refractivity contribution in [2.75, 3.05) is 0 Å². The van der Waals surface area contributed by atoms with Crippen molar-refractivity contribution in [3.8, 4) is 0 Å². The summed E-state index contributed by atoms with van der Waals surface area (Å²) >= 11 is 39.3. The van der Waals surface area contributed by atoms with Crippen molar-refractivity contribution < 1.29 is 0 Å². The number of halogens is 6. The average Bonchev–Trinajstić information content (AvgIpc) is 2.42. The normalized spacial score (nSPS) is 19.5. The zero-order chi connectivity index (χ0) is 18.9. The van der Waals surface area contributed by atoms with Crippen LogP contribution >= 0.6 is 69.6 Å². The molecule has 0 aromatic heterocycles. The van der Waals surface area contributed by atoms with Crippen LogP contribution in [-0.4, -0.2) is 0 Å². The maximum atomic E-state index is 6.55. The van der Waals surface area contributed by atoms with Crippen LogP contribution in [0.25, 0.3) is 0 Å². The Bertz CT molecular complexity index is 422. The molecule has 1 aromatic rings. The highest BCUT2D eigenvalue weighted by molar-refractivity contribution is 6.27. The Morgan fingerprint density at radius 3 is 0.458 bits per heavy atom. The first-order chi connectivity index (χ1) is 10.9. The van der Waals surface area contributed by atoms with Crippen LogP contribution in [0.2, 0.25) is 0 Å². The van der Waals surface area contributed by atoms with E-state index in [0.717, 1.165) is 33.4 Å². The van der Waals surface area contributed by atoms with E-state index < -0.39 is 0 Å². The summed E-state index contributed by atoms with van der Waals surface area (Å²) in [6.07, 6.45) is 0. The molecule has 1 rings (SSSR count). The summed E-state index contributed by atoms with van der Waals surface area (Å²) in [6, 6.07) is 0. The van der Waals surface area contributed by atoms with E-state index in [1.807, 2.05) is 41.5 Å². The molecular weight excluding hydrogens is 429 g/mol. The molecule has 0 heterocycles. The zero-order valence-corrected chi connectivity index (χ0v) is 19.3. The van der Waals surface area contributed by atoms with E-state index in [2.05, 4.69) is 0 Å². The summed E-state index contributed by atoms with van der Waals surface area (Å²) in [5.41, 5.74) is 5.54. The molecule has 1 aromatic carbocycles. The summed E-state index contributed by atoms with van der Waals surface area (Å²) in [6.45, 7) is 11.5. The van der Waals surface area contributed by atoms with E-state index in [-0.39, 0.29) is 32.3 Å². The number of alkyl halides is 6. The van der Waals surface area contributed by atoms with Crippen molar-refractivity contribution in [3.63, 3.8) is 0 Å². The molecule has 0 aliphatic carbocycles. The summed E-state index contributed by atoms with van der Waals surface area (Å²) in [4.78, 5) is 0. The smallest absolute Gasteiger partial charge is 0.0563 e. The molecule has 0 nitrogen and oxygen atoms in total. The lowest BCUT2D eigenvalue weighted by Crippen LogP contribution is -2.16. The van der Waals surface area contributed by atoms with Gasteiger partial charge in [0, 0.05) is 0 Å². The highest BCUT2D eigenvalue weighted by Gasteiger charge is 2.33. The van der Waals surface area contributed by atoms with E-state index >= 15 is 0 Å². The molecule has 0 bridgehead atoms. The van der Waals surface area contributed by atoms with E-state index in [4.69, 9.17) is 69.6 Å². The fourth-order valence-corrected chi connectivity index (χ4v) is 4.85. The first-order valence-electron chi connectivity index (χ1n) is 8.01. The van der Waals surface area contributed by atoms with Crippen LogP contribution in [0.3, 0.4) is 0 Å². The van der Waals surface area contributed by atoms with Crippen LogP contribution in [0, 0.1) is 0 Å². The monoisotopic (exact) mass is 450 g/mol. The zero-order valence-electron chi connectivity index (χ0n) is 14.7. The van der Waals surface area contributed by atoms with Crippen molar-refractivity contribution in [1.82, 2.24) is 0 Å². The Morgan fingerprint density at radius 2 is 0.417 bits per heavy atom. The van der Waals surface area contributed by atoms with Crippen LogP contribution in [0.4, 0.5) is 0 Å². The topological polar surface area (TPSA) is 0 Å². The summed E-state index contributed by atoms with van der Waals surface area (Å²) in [7, 11) is 0. The third-order valence-corrected chi connectivity index (χ3v) is 5.44. The molecule has 0 fully saturated rings. The second kappa shape index (κ2) is 9.25. The molecule has 0 saturated carbocycles. The number of rotatable bonds is 6. The maximum absolute atomic E-state index is 6.55. The lowest BCUT2D eigenvalue weighted by atomic mass is 9.80. The average molecular weight is 453 g/mol. The Labute approximate surface area is 176 Å². The van der Waals surface area contributed by atoms with Gasteiger partial charge in [-0.1, -0.05) is 0 Å². The SMILES string of the molecule is CC(Cl)c1c(C(C)Cl)c(C(C)Cl)c(C(C)Cl)c(C(C)Cl)c1C(C)Cl. The van der Waals surface area contributed by atoms with Gasteiger partial charge < -0.3 is 0 Å². The van der Waals surface area contributed by atoms with Gasteiger partial charge in [0.2, 0.25) is 0 Å². The predicted octanol–water partition coefficient (Wildman–Crippen LogP) is 9.49. The molecule has 0 aliphatic heterocycles. The van der Waals surface area contributed by atoms with Gasteiger partial charge >= 0.3 is 0 Å². The van der Waals surface area contributed by atoms with Crippen molar-refractivity contribution >= 4 is 69.6 Å². The first-order valence-corrected chi connectivity index (χ1v) is 10.6. The molecule has 0 aliphatic rings. The fraction of sp³-hybridized carbons (Fsp3) is 0.667. The van der Waals surface area contributed by atoms with Crippen LogP contribution < -0.4 is 0 Å². The summed E-state index contributed by atoms with van der Waals surface area (Å²) in [5, 5.41) is -1.66. The third-order valence-electron chi connectivity index (χ3n) is 4.13. The Morgan fingerprint density at radius 1 is 0.333 bits per heavy atom. The molecule has 0 spiro atoms. The third kappa shape index (κ3) is 4.62. The minimum absolute atomic E-state index is 0.277. The highest BCUT2D eigenvalue weighted by Crippen LogP contribution is 2.51. The molecule has 6 heteroatoms. The molecule has 138 valence electrons. The van der Waals surface area contributed by atoms with Crippen molar-refractivity contribution in [3.05, 3.63) is 33.4 Å². The van der Waals surface area contributed by atoms with Crippen LogP contribution in [0.5, 0.6) is 0 Å². The lowest BCUT2D eigenvalue weighted by molar-refractivity contribution is 0.831. The van der Waals surface area contributed by atoms with Gasteiger partial charge in [-0.25, -0.2) is 0 Å². The van der Waals surface area contributed by atoms with Gasteiger partial charge in [0.25, 0.3) is 0 Å². The van der Waals surface area contributed by atoms with Crippen molar-refractivity contribution in [2.45, 2.75) is 73.8 Å². The second-order valence-corrected chi connectivity index (χ2v) is 10.1. The van der Waals surface area contributed by atoms with Crippen LogP contribution in [-0.2, 0) is 0 Å². The minimum Gasteiger partial charge on any atom is -0.118 e.